The van der Waals surface area contributed by atoms with Crippen molar-refractivity contribution in [1.82, 2.24) is 24.3 Å². The lowest BCUT2D eigenvalue weighted by atomic mass is 10.3. The molecule has 4 heterocycles. The number of imidazole rings is 1. The van der Waals surface area contributed by atoms with Crippen molar-refractivity contribution in [2.75, 3.05) is 36.0 Å². The maximum absolute atomic E-state index is 13.8. The molecule has 1 saturated heterocycles. The Labute approximate surface area is 144 Å². The third-order valence-corrected chi connectivity index (χ3v) is 4.17. The molecular weight excluding hydrogens is 354 g/mol. The first-order chi connectivity index (χ1) is 12.4. The van der Waals surface area contributed by atoms with Gasteiger partial charge in [0.2, 0.25) is 0 Å². The number of anilines is 2. The molecule has 0 unspecified atom stereocenters. The zero-order valence-electron chi connectivity index (χ0n) is 13.4. The molecule has 1 aliphatic heterocycles. The molecule has 0 spiro atoms. The van der Waals surface area contributed by atoms with E-state index in [2.05, 4.69) is 19.9 Å². The van der Waals surface area contributed by atoms with Crippen molar-refractivity contribution in [3.8, 4) is 0 Å². The third kappa shape index (κ3) is 2.89. The van der Waals surface area contributed by atoms with Crippen molar-refractivity contribution in [1.29, 1.82) is 0 Å². The molecule has 26 heavy (non-hydrogen) atoms. The predicted octanol–water partition coefficient (Wildman–Crippen LogP) is 2.00. The first kappa shape index (κ1) is 16.5. The van der Waals surface area contributed by atoms with E-state index in [-0.39, 0.29) is 11.5 Å². The Hall–Kier alpha value is -2.98. The van der Waals surface area contributed by atoms with Crippen LogP contribution in [0.4, 0.5) is 29.2 Å². The van der Waals surface area contributed by atoms with E-state index in [1.165, 1.54) is 23.1 Å². The van der Waals surface area contributed by atoms with Gasteiger partial charge in [0.05, 0.1) is 6.20 Å². The van der Waals surface area contributed by atoms with Crippen LogP contribution in [0.15, 0.2) is 31.1 Å². The first-order valence-electron chi connectivity index (χ1n) is 7.80. The van der Waals surface area contributed by atoms with Gasteiger partial charge in [0.15, 0.2) is 28.8 Å². The Bertz CT molecular complexity index is 931. The number of piperazine rings is 1. The minimum atomic E-state index is -4.52. The summed E-state index contributed by atoms with van der Waals surface area (Å²) in [5.41, 5.74) is -0.824. The minimum Gasteiger partial charge on any atom is -0.351 e. The zero-order chi connectivity index (χ0) is 18.3. The summed E-state index contributed by atoms with van der Waals surface area (Å²) in [5.74, 6) is 0.0704. The van der Waals surface area contributed by atoms with Gasteiger partial charge in [-0.05, 0) is 0 Å². The molecule has 1 fully saturated rings. The average Bonchev–Trinajstić information content (AvgIpc) is 3.07. The number of hydrogen-bond donors (Lipinski definition) is 0. The molecule has 11 heteroatoms. The number of fused-ring (bicyclic) bond motifs is 1. The second-order valence-corrected chi connectivity index (χ2v) is 5.77. The van der Waals surface area contributed by atoms with Gasteiger partial charge in [0, 0.05) is 44.8 Å². The molecule has 0 N–H and O–H groups in total. The summed E-state index contributed by atoms with van der Waals surface area (Å²) < 4.78 is 53.8. The normalized spacial score (nSPS) is 15.7. The number of nitrogens with zero attached hydrogens (tertiary/aromatic N) is 7. The number of halogens is 4. The summed E-state index contributed by atoms with van der Waals surface area (Å²) in [5, 5.41) is 0. The second-order valence-electron chi connectivity index (χ2n) is 5.77. The van der Waals surface area contributed by atoms with E-state index < -0.39 is 17.7 Å². The summed E-state index contributed by atoms with van der Waals surface area (Å²) in [6, 6.07) is 0. The lowest BCUT2D eigenvalue weighted by Gasteiger charge is -2.35. The standard InChI is InChI=1S/C15H13F4N7/c16-10-7-20-9-22-12(10)24-3-5-25(6-4-24)13-14-23-11(15(17,18)19)8-26(14)2-1-21-13/h1-2,7-9H,3-6H2. The fourth-order valence-electron chi connectivity index (χ4n) is 2.93. The van der Waals surface area contributed by atoms with Gasteiger partial charge >= 0.3 is 6.18 Å². The van der Waals surface area contributed by atoms with E-state index in [1.54, 1.807) is 4.90 Å². The molecule has 4 rings (SSSR count). The van der Waals surface area contributed by atoms with Crippen LogP contribution in [0, 0.1) is 5.82 Å². The van der Waals surface area contributed by atoms with E-state index in [0.29, 0.717) is 32.0 Å². The summed E-state index contributed by atoms with van der Waals surface area (Å²) in [4.78, 5) is 19.1. The Kier molecular flexibility index (Phi) is 3.85. The Balaban J connectivity index is 1.58. The predicted molar refractivity (Wildman–Crippen MR) is 84.4 cm³/mol. The van der Waals surface area contributed by atoms with E-state index in [4.69, 9.17) is 0 Å². The topological polar surface area (TPSA) is 62.5 Å². The number of alkyl halides is 3. The van der Waals surface area contributed by atoms with E-state index in [1.807, 2.05) is 4.90 Å². The Morgan fingerprint density at radius 3 is 2.31 bits per heavy atom. The zero-order valence-corrected chi connectivity index (χ0v) is 13.4. The van der Waals surface area contributed by atoms with Crippen molar-refractivity contribution >= 4 is 17.3 Å². The van der Waals surface area contributed by atoms with Crippen molar-refractivity contribution in [3.05, 3.63) is 42.6 Å². The van der Waals surface area contributed by atoms with Gasteiger partial charge in [-0.25, -0.2) is 24.3 Å². The molecule has 3 aromatic heterocycles. The van der Waals surface area contributed by atoms with Crippen LogP contribution in [0.3, 0.4) is 0 Å². The number of rotatable bonds is 2. The molecule has 0 aliphatic carbocycles. The summed E-state index contributed by atoms with van der Waals surface area (Å²) in [7, 11) is 0. The van der Waals surface area contributed by atoms with Crippen LogP contribution in [0.2, 0.25) is 0 Å². The van der Waals surface area contributed by atoms with Crippen LogP contribution in [0.1, 0.15) is 5.69 Å². The fourth-order valence-corrected chi connectivity index (χ4v) is 2.93. The van der Waals surface area contributed by atoms with Crippen LogP contribution in [-0.2, 0) is 6.18 Å². The van der Waals surface area contributed by atoms with Gasteiger partial charge in [-0.2, -0.15) is 13.2 Å². The largest absolute Gasteiger partial charge is 0.434 e. The molecule has 0 radical (unpaired) electrons. The highest BCUT2D eigenvalue weighted by Gasteiger charge is 2.34. The van der Waals surface area contributed by atoms with Crippen molar-refractivity contribution < 1.29 is 17.6 Å². The molecule has 0 saturated carbocycles. The highest BCUT2D eigenvalue weighted by molar-refractivity contribution is 5.65. The Morgan fingerprint density at radius 2 is 1.65 bits per heavy atom. The highest BCUT2D eigenvalue weighted by atomic mass is 19.4. The molecule has 0 amide bonds. The quantitative estimate of drug-likeness (QED) is 0.646. The third-order valence-electron chi connectivity index (χ3n) is 4.17. The maximum atomic E-state index is 13.8. The second kappa shape index (κ2) is 6.07. The van der Waals surface area contributed by atoms with Gasteiger partial charge in [-0.15, -0.1) is 0 Å². The number of hydrogen-bond acceptors (Lipinski definition) is 6. The lowest BCUT2D eigenvalue weighted by molar-refractivity contribution is -0.140. The number of aromatic nitrogens is 5. The van der Waals surface area contributed by atoms with Gasteiger partial charge in [-0.3, -0.25) is 0 Å². The van der Waals surface area contributed by atoms with E-state index in [0.717, 1.165) is 12.4 Å². The van der Waals surface area contributed by atoms with Crippen LogP contribution in [-0.4, -0.2) is 50.5 Å². The van der Waals surface area contributed by atoms with Gasteiger partial charge in [0.1, 0.15) is 6.33 Å². The summed E-state index contributed by atoms with van der Waals surface area (Å²) >= 11 is 0. The summed E-state index contributed by atoms with van der Waals surface area (Å²) in [6.07, 6.45) is 1.64. The van der Waals surface area contributed by atoms with E-state index >= 15 is 0 Å². The molecule has 1 aliphatic rings. The van der Waals surface area contributed by atoms with E-state index in [9.17, 15) is 17.6 Å². The molecule has 0 bridgehead atoms. The molecule has 3 aromatic rings. The minimum absolute atomic E-state index is 0.140. The van der Waals surface area contributed by atoms with Gasteiger partial charge in [0.25, 0.3) is 0 Å². The van der Waals surface area contributed by atoms with Crippen molar-refractivity contribution in [3.63, 3.8) is 0 Å². The smallest absolute Gasteiger partial charge is 0.351 e. The fraction of sp³-hybridized carbons (Fsp3) is 0.333. The summed E-state index contributed by atoms with van der Waals surface area (Å²) in [6.45, 7) is 1.79. The maximum Gasteiger partial charge on any atom is 0.434 e. The SMILES string of the molecule is Fc1cncnc1N1CCN(c2nccn3cc(C(F)(F)F)nc23)CC1. The molecular formula is C15H13F4N7. The van der Waals surface area contributed by atoms with Crippen LogP contribution in [0.25, 0.3) is 5.65 Å². The average molecular weight is 367 g/mol. The van der Waals surface area contributed by atoms with Gasteiger partial charge in [-0.1, -0.05) is 0 Å². The van der Waals surface area contributed by atoms with Crippen LogP contribution in [0.5, 0.6) is 0 Å². The molecule has 7 nitrogen and oxygen atoms in total. The molecule has 0 aromatic carbocycles. The lowest BCUT2D eigenvalue weighted by Crippen LogP contribution is -2.47. The van der Waals surface area contributed by atoms with Crippen LogP contribution >= 0.6 is 0 Å². The van der Waals surface area contributed by atoms with Crippen molar-refractivity contribution in [2.24, 2.45) is 0 Å². The molecule has 136 valence electrons. The van der Waals surface area contributed by atoms with Crippen LogP contribution < -0.4 is 9.80 Å². The van der Waals surface area contributed by atoms with Crippen molar-refractivity contribution in [2.45, 2.75) is 6.18 Å². The first-order valence-corrected chi connectivity index (χ1v) is 7.80. The Morgan fingerprint density at radius 1 is 0.962 bits per heavy atom. The monoisotopic (exact) mass is 367 g/mol. The van der Waals surface area contributed by atoms with Gasteiger partial charge < -0.3 is 14.2 Å². The molecule has 0 atom stereocenters. The highest BCUT2D eigenvalue weighted by Crippen LogP contribution is 2.30.